The second-order valence-corrected chi connectivity index (χ2v) is 4.02. The molecule has 0 aliphatic carbocycles. The molecule has 0 saturated carbocycles. The average Bonchev–Trinajstić information content (AvgIpc) is 2.54. The highest BCUT2D eigenvalue weighted by molar-refractivity contribution is 5.69. The molecular weight excluding hydrogens is 204 g/mol. The van der Waals surface area contributed by atoms with E-state index in [1.54, 1.807) is 7.11 Å². The van der Waals surface area contributed by atoms with Gasteiger partial charge in [0.15, 0.2) is 0 Å². The Morgan fingerprint density at radius 2 is 2.25 bits per heavy atom. The number of carbonyl (C=O) groups excluding carboxylic acids is 1. The maximum absolute atomic E-state index is 11.1. The Kier molecular flexibility index (Phi) is 3.44. The van der Waals surface area contributed by atoms with E-state index in [0.717, 1.165) is 18.6 Å². The van der Waals surface area contributed by atoms with Crippen molar-refractivity contribution < 1.29 is 14.3 Å². The molecule has 0 spiro atoms. The number of hydrogen-bond acceptors (Lipinski definition) is 3. The Bertz CT molecular complexity index is 373. The number of ether oxygens (including phenoxy) is 2. The maximum atomic E-state index is 11.1. The number of hydrogen-bond donors (Lipinski definition) is 0. The molecule has 16 heavy (non-hydrogen) atoms. The summed E-state index contributed by atoms with van der Waals surface area (Å²) >= 11 is 0. The predicted octanol–water partition coefficient (Wildman–Crippen LogP) is 2.51. The largest absolute Gasteiger partial charge is 0.497 e. The van der Waals surface area contributed by atoms with Crippen LogP contribution in [0.3, 0.4) is 0 Å². The van der Waals surface area contributed by atoms with Crippen LogP contribution in [0.2, 0.25) is 0 Å². The quantitative estimate of drug-likeness (QED) is 0.718. The summed E-state index contributed by atoms with van der Waals surface area (Å²) < 4.78 is 10.2. The van der Waals surface area contributed by atoms with Crippen LogP contribution in [-0.4, -0.2) is 19.7 Å². The third-order valence-corrected chi connectivity index (χ3v) is 2.99. The fourth-order valence-corrected chi connectivity index (χ4v) is 2.05. The first-order chi connectivity index (χ1) is 7.79. The van der Waals surface area contributed by atoms with E-state index in [4.69, 9.17) is 9.47 Å². The van der Waals surface area contributed by atoms with Gasteiger partial charge in [-0.25, -0.2) is 0 Å². The lowest BCUT2D eigenvalue weighted by atomic mass is 9.92. The lowest BCUT2D eigenvalue weighted by Gasteiger charge is -2.13. The minimum atomic E-state index is -0.0783. The molecule has 1 aliphatic rings. The zero-order valence-corrected chi connectivity index (χ0v) is 9.44. The van der Waals surface area contributed by atoms with E-state index in [1.807, 2.05) is 18.2 Å². The van der Waals surface area contributed by atoms with Crippen LogP contribution >= 0.6 is 0 Å². The highest BCUT2D eigenvalue weighted by atomic mass is 16.5. The molecule has 2 rings (SSSR count). The van der Waals surface area contributed by atoms with E-state index in [9.17, 15) is 4.79 Å². The zero-order valence-electron chi connectivity index (χ0n) is 9.44. The van der Waals surface area contributed by atoms with Crippen molar-refractivity contribution >= 4 is 5.97 Å². The second kappa shape index (κ2) is 5.01. The van der Waals surface area contributed by atoms with Gasteiger partial charge in [0.2, 0.25) is 0 Å². The van der Waals surface area contributed by atoms with Crippen molar-refractivity contribution in [2.75, 3.05) is 13.7 Å². The van der Waals surface area contributed by atoms with Crippen molar-refractivity contribution in [2.24, 2.45) is 0 Å². The lowest BCUT2D eigenvalue weighted by Crippen LogP contribution is -2.00. The van der Waals surface area contributed by atoms with Gasteiger partial charge < -0.3 is 9.47 Å². The van der Waals surface area contributed by atoms with Crippen LogP contribution in [-0.2, 0) is 9.53 Å². The van der Waals surface area contributed by atoms with Crippen molar-refractivity contribution in [2.45, 2.75) is 25.2 Å². The monoisotopic (exact) mass is 220 g/mol. The summed E-state index contributed by atoms with van der Waals surface area (Å²) in [5.41, 5.74) is 1.23. The van der Waals surface area contributed by atoms with Gasteiger partial charge in [-0.05, 0) is 36.5 Å². The topological polar surface area (TPSA) is 35.5 Å². The van der Waals surface area contributed by atoms with E-state index in [0.29, 0.717) is 18.9 Å². The van der Waals surface area contributed by atoms with Gasteiger partial charge in [0.25, 0.3) is 0 Å². The molecule has 1 aliphatic heterocycles. The van der Waals surface area contributed by atoms with Gasteiger partial charge in [0.1, 0.15) is 5.75 Å². The van der Waals surface area contributed by atoms with Crippen molar-refractivity contribution in [1.29, 1.82) is 0 Å². The van der Waals surface area contributed by atoms with E-state index in [2.05, 4.69) is 6.07 Å². The van der Waals surface area contributed by atoms with Crippen molar-refractivity contribution in [3.8, 4) is 5.75 Å². The van der Waals surface area contributed by atoms with Crippen LogP contribution in [0.4, 0.5) is 0 Å². The summed E-state index contributed by atoms with van der Waals surface area (Å²) in [6.07, 6.45) is 2.28. The fraction of sp³-hybridized carbons (Fsp3) is 0.462. The first-order valence-electron chi connectivity index (χ1n) is 5.59. The number of carbonyl (C=O) groups is 1. The Balaban J connectivity index is 2.13. The van der Waals surface area contributed by atoms with Crippen molar-refractivity contribution in [3.05, 3.63) is 29.8 Å². The van der Waals surface area contributed by atoms with Gasteiger partial charge in [0.05, 0.1) is 13.7 Å². The Morgan fingerprint density at radius 1 is 1.38 bits per heavy atom. The van der Waals surface area contributed by atoms with Crippen LogP contribution in [0.25, 0.3) is 0 Å². The number of esters is 1. The average molecular weight is 220 g/mol. The SMILES string of the molecule is COc1cccc([C@@H]2CCOC(=O)CC2)c1. The van der Waals surface area contributed by atoms with Gasteiger partial charge in [-0.2, -0.15) is 0 Å². The van der Waals surface area contributed by atoms with Crippen LogP contribution in [0.15, 0.2) is 24.3 Å². The molecule has 3 heteroatoms. The normalized spacial score (nSPS) is 21.1. The predicted molar refractivity (Wildman–Crippen MR) is 60.5 cm³/mol. The molecule has 3 nitrogen and oxygen atoms in total. The Morgan fingerprint density at radius 3 is 3.06 bits per heavy atom. The van der Waals surface area contributed by atoms with Gasteiger partial charge in [-0.1, -0.05) is 12.1 Å². The molecule has 0 radical (unpaired) electrons. The lowest BCUT2D eigenvalue weighted by molar-refractivity contribution is -0.142. The van der Waals surface area contributed by atoms with E-state index in [-0.39, 0.29) is 5.97 Å². The third-order valence-electron chi connectivity index (χ3n) is 2.99. The molecule has 1 aromatic rings. The smallest absolute Gasteiger partial charge is 0.305 e. The van der Waals surface area contributed by atoms with Gasteiger partial charge in [-0.15, -0.1) is 0 Å². The molecule has 0 N–H and O–H groups in total. The molecule has 1 aromatic carbocycles. The number of benzene rings is 1. The molecule has 0 unspecified atom stereocenters. The summed E-state index contributed by atoms with van der Waals surface area (Å²) in [6.45, 7) is 0.528. The molecule has 1 heterocycles. The second-order valence-electron chi connectivity index (χ2n) is 4.02. The van der Waals surface area contributed by atoms with Crippen molar-refractivity contribution in [3.63, 3.8) is 0 Å². The summed E-state index contributed by atoms with van der Waals surface area (Å²) in [7, 11) is 1.67. The fourth-order valence-electron chi connectivity index (χ4n) is 2.05. The highest BCUT2D eigenvalue weighted by Crippen LogP contribution is 2.29. The summed E-state index contributed by atoms with van der Waals surface area (Å²) in [5.74, 6) is 1.20. The zero-order chi connectivity index (χ0) is 11.4. The molecule has 0 aromatic heterocycles. The van der Waals surface area contributed by atoms with Crippen LogP contribution in [0.5, 0.6) is 5.75 Å². The minimum absolute atomic E-state index is 0.0783. The molecule has 1 atom stereocenters. The van der Waals surface area contributed by atoms with Gasteiger partial charge >= 0.3 is 5.97 Å². The van der Waals surface area contributed by atoms with Gasteiger partial charge in [0, 0.05) is 6.42 Å². The summed E-state index contributed by atoms with van der Waals surface area (Å²) in [5, 5.41) is 0. The van der Waals surface area contributed by atoms with E-state index < -0.39 is 0 Å². The maximum Gasteiger partial charge on any atom is 0.305 e. The van der Waals surface area contributed by atoms with Crippen LogP contribution in [0.1, 0.15) is 30.7 Å². The molecule has 0 amide bonds. The molecular formula is C13H16O3. The number of cyclic esters (lactones) is 1. The Hall–Kier alpha value is -1.51. The van der Waals surface area contributed by atoms with E-state index in [1.165, 1.54) is 5.56 Å². The molecule has 1 fully saturated rings. The first kappa shape index (κ1) is 11.0. The number of rotatable bonds is 2. The standard InChI is InChI=1S/C13H16O3/c1-15-12-4-2-3-11(9-12)10-5-6-13(14)16-8-7-10/h2-4,9-10H,5-8H2,1H3/t10-/m0/s1. The van der Waals surface area contributed by atoms with Crippen molar-refractivity contribution in [1.82, 2.24) is 0 Å². The number of methoxy groups -OCH3 is 1. The van der Waals surface area contributed by atoms with Crippen LogP contribution < -0.4 is 4.74 Å². The van der Waals surface area contributed by atoms with Crippen LogP contribution in [0, 0.1) is 0 Å². The summed E-state index contributed by atoms with van der Waals surface area (Å²) in [4.78, 5) is 11.1. The minimum Gasteiger partial charge on any atom is -0.497 e. The summed E-state index contributed by atoms with van der Waals surface area (Å²) in [6, 6.07) is 8.05. The molecule has 1 saturated heterocycles. The van der Waals surface area contributed by atoms with Gasteiger partial charge in [-0.3, -0.25) is 4.79 Å². The first-order valence-corrected chi connectivity index (χ1v) is 5.59. The molecule has 86 valence electrons. The third kappa shape index (κ3) is 2.54. The Labute approximate surface area is 95.4 Å². The highest BCUT2D eigenvalue weighted by Gasteiger charge is 2.19. The molecule has 0 bridgehead atoms. The van der Waals surface area contributed by atoms with E-state index >= 15 is 0 Å².